The molecule has 2 N–H and O–H groups in total. The highest BCUT2D eigenvalue weighted by atomic mass is 79.9. The molecule has 2 unspecified atom stereocenters. The quantitative estimate of drug-likeness (QED) is 0.890. The van der Waals surface area contributed by atoms with Gasteiger partial charge in [0.05, 0.1) is 10.4 Å². The molecule has 1 aromatic carbocycles. The second-order valence-corrected chi connectivity index (χ2v) is 5.88. The molecule has 0 heterocycles. The minimum absolute atomic E-state index is 0.210. The van der Waals surface area contributed by atoms with Crippen LogP contribution in [0, 0.1) is 11.7 Å². The van der Waals surface area contributed by atoms with Crippen molar-refractivity contribution in [3.63, 3.8) is 0 Å². The van der Waals surface area contributed by atoms with Crippen LogP contribution in [0.15, 0.2) is 22.7 Å². The summed E-state index contributed by atoms with van der Waals surface area (Å²) in [4.78, 5) is 11.0. The standard InChI is InChI=1S/C14H17BrFNO2/c15-12-5-4-9(6-13(12)16)8-17-11-3-1-2-10(7-11)14(18)19/h4-6,10-11,17H,1-3,7-8H2,(H,18,19). The number of carboxylic acids is 1. The molecule has 0 saturated heterocycles. The van der Waals surface area contributed by atoms with Crippen LogP contribution in [0.5, 0.6) is 0 Å². The number of halogens is 2. The van der Waals surface area contributed by atoms with Gasteiger partial charge in [-0.3, -0.25) is 4.79 Å². The van der Waals surface area contributed by atoms with Crippen LogP contribution in [-0.4, -0.2) is 17.1 Å². The van der Waals surface area contributed by atoms with E-state index in [0.29, 0.717) is 17.4 Å². The van der Waals surface area contributed by atoms with Crippen molar-refractivity contribution >= 4 is 21.9 Å². The van der Waals surface area contributed by atoms with Gasteiger partial charge in [-0.2, -0.15) is 0 Å². The van der Waals surface area contributed by atoms with Crippen LogP contribution in [0.25, 0.3) is 0 Å². The maximum absolute atomic E-state index is 13.4. The van der Waals surface area contributed by atoms with E-state index in [-0.39, 0.29) is 17.8 Å². The van der Waals surface area contributed by atoms with Crippen molar-refractivity contribution in [2.75, 3.05) is 0 Å². The molecule has 5 heteroatoms. The average molecular weight is 330 g/mol. The van der Waals surface area contributed by atoms with E-state index >= 15 is 0 Å². The first kappa shape index (κ1) is 14.5. The Bertz CT molecular complexity index is 467. The molecular weight excluding hydrogens is 313 g/mol. The van der Waals surface area contributed by atoms with E-state index in [4.69, 9.17) is 5.11 Å². The van der Waals surface area contributed by atoms with Gasteiger partial charge in [-0.25, -0.2) is 4.39 Å². The molecule has 104 valence electrons. The van der Waals surface area contributed by atoms with Gasteiger partial charge < -0.3 is 10.4 Å². The zero-order valence-electron chi connectivity index (χ0n) is 10.5. The molecule has 1 saturated carbocycles. The second-order valence-electron chi connectivity index (χ2n) is 5.03. The van der Waals surface area contributed by atoms with Gasteiger partial charge in [0.2, 0.25) is 0 Å². The summed E-state index contributed by atoms with van der Waals surface area (Å²) >= 11 is 3.12. The molecule has 0 bridgehead atoms. The van der Waals surface area contributed by atoms with Crippen molar-refractivity contribution in [3.05, 3.63) is 34.1 Å². The Balaban J connectivity index is 1.87. The van der Waals surface area contributed by atoms with E-state index < -0.39 is 5.97 Å². The van der Waals surface area contributed by atoms with Crippen LogP contribution in [0.4, 0.5) is 4.39 Å². The Morgan fingerprint density at radius 2 is 2.26 bits per heavy atom. The van der Waals surface area contributed by atoms with Gasteiger partial charge in [0.15, 0.2) is 0 Å². The number of hydrogen-bond acceptors (Lipinski definition) is 2. The van der Waals surface area contributed by atoms with Crippen molar-refractivity contribution in [2.24, 2.45) is 5.92 Å². The highest BCUT2D eigenvalue weighted by molar-refractivity contribution is 9.10. The minimum atomic E-state index is -0.707. The molecule has 1 aromatic rings. The van der Waals surface area contributed by atoms with Crippen molar-refractivity contribution in [2.45, 2.75) is 38.3 Å². The fourth-order valence-corrected chi connectivity index (χ4v) is 2.76. The number of carbonyl (C=O) groups is 1. The van der Waals surface area contributed by atoms with E-state index in [1.54, 1.807) is 6.07 Å². The number of hydrogen-bond donors (Lipinski definition) is 2. The summed E-state index contributed by atoms with van der Waals surface area (Å²) < 4.78 is 13.8. The molecule has 1 aliphatic rings. The van der Waals surface area contributed by atoms with E-state index in [0.717, 1.165) is 24.8 Å². The lowest BCUT2D eigenvalue weighted by Crippen LogP contribution is -2.36. The largest absolute Gasteiger partial charge is 0.481 e. The maximum atomic E-state index is 13.4. The Hall–Kier alpha value is -0.940. The highest BCUT2D eigenvalue weighted by Crippen LogP contribution is 2.25. The summed E-state index contributed by atoms with van der Waals surface area (Å²) in [5.41, 5.74) is 0.873. The zero-order valence-corrected chi connectivity index (χ0v) is 12.1. The lowest BCUT2D eigenvalue weighted by molar-refractivity contribution is -0.143. The zero-order chi connectivity index (χ0) is 13.8. The topological polar surface area (TPSA) is 49.3 Å². The lowest BCUT2D eigenvalue weighted by Gasteiger charge is -2.27. The number of carboxylic acid groups (broad SMARTS) is 1. The third-order valence-electron chi connectivity index (χ3n) is 3.60. The Morgan fingerprint density at radius 3 is 2.95 bits per heavy atom. The predicted octanol–water partition coefficient (Wildman–Crippen LogP) is 3.32. The number of rotatable bonds is 4. The molecule has 0 aromatic heterocycles. The summed E-state index contributed by atoms with van der Waals surface area (Å²) in [6, 6.07) is 5.25. The molecular formula is C14H17BrFNO2. The fourth-order valence-electron chi connectivity index (χ4n) is 2.51. The van der Waals surface area contributed by atoms with Crippen LogP contribution < -0.4 is 5.32 Å². The van der Waals surface area contributed by atoms with Crippen molar-refractivity contribution in [1.82, 2.24) is 5.32 Å². The van der Waals surface area contributed by atoms with Crippen molar-refractivity contribution < 1.29 is 14.3 Å². The van der Waals surface area contributed by atoms with Gasteiger partial charge in [0, 0.05) is 12.6 Å². The van der Waals surface area contributed by atoms with Crippen LogP contribution in [0.3, 0.4) is 0 Å². The van der Waals surface area contributed by atoms with Crippen molar-refractivity contribution in [1.29, 1.82) is 0 Å². The molecule has 19 heavy (non-hydrogen) atoms. The van der Waals surface area contributed by atoms with Crippen LogP contribution in [-0.2, 0) is 11.3 Å². The smallest absolute Gasteiger partial charge is 0.306 e. The Morgan fingerprint density at radius 1 is 1.47 bits per heavy atom. The first-order valence-corrected chi connectivity index (χ1v) is 7.25. The summed E-state index contributed by atoms with van der Waals surface area (Å²) in [5.74, 6) is -1.22. The number of nitrogens with one attached hydrogen (secondary N) is 1. The van der Waals surface area contributed by atoms with Gasteiger partial charge in [0.25, 0.3) is 0 Å². The van der Waals surface area contributed by atoms with Crippen molar-refractivity contribution in [3.8, 4) is 0 Å². The van der Waals surface area contributed by atoms with Gasteiger partial charge in [0.1, 0.15) is 5.82 Å². The molecule has 0 spiro atoms. The first-order chi connectivity index (χ1) is 9.06. The van der Waals surface area contributed by atoms with Gasteiger partial charge in [-0.05, 0) is 52.9 Å². The van der Waals surface area contributed by atoms with E-state index in [1.165, 1.54) is 6.07 Å². The van der Waals surface area contributed by atoms with Crippen LogP contribution >= 0.6 is 15.9 Å². The normalized spacial score (nSPS) is 23.3. The predicted molar refractivity (Wildman–Crippen MR) is 74.3 cm³/mol. The van der Waals surface area contributed by atoms with Gasteiger partial charge >= 0.3 is 5.97 Å². The Kier molecular flexibility index (Phi) is 4.93. The minimum Gasteiger partial charge on any atom is -0.481 e. The molecule has 0 radical (unpaired) electrons. The van der Waals surface area contributed by atoms with Crippen LogP contribution in [0.1, 0.15) is 31.2 Å². The molecule has 0 aliphatic heterocycles. The summed E-state index contributed by atoms with van der Waals surface area (Å²) in [5, 5.41) is 12.3. The molecule has 2 atom stereocenters. The highest BCUT2D eigenvalue weighted by Gasteiger charge is 2.26. The second kappa shape index (κ2) is 6.48. The SMILES string of the molecule is O=C(O)C1CCCC(NCc2ccc(Br)c(F)c2)C1. The van der Waals surface area contributed by atoms with Gasteiger partial charge in [-0.15, -0.1) is 0 Å². The van der Waals surface area contributed by atoms with Crippen LogP contribution in [0.2, 0.25) is 0 Å². The molecule has 2 rings (SSSR count). The Labute approximate surface area is 120 Å². The first-order valence-electron chi connectivity index (χ1n) is 6.46. The molecule has 3 nitrogen and oxygen atoms in total. The fraction of sp³-hybridized carbons (Fsp3) is 0.500. The molecule has 1 fully saturated rings. The third kappa shape index (κ3) is 4.01. The van der Waals surface area contributed by atoms with E-state index in [2.05, 4.69) is 21.2 Å². The summed E-state index contributed by atoms with van der Waals surface area (Å²) in [6.07, 6.45) is 3.35. The number of benzene rings is 1. The third-order valence-corrected chi connectivity index (χ3v) is 4.25. The monoisotopic (exact) mass is 329 g/mol. The lowest BCUT2D eigenvalue weighted by atomic mass is 9.86. The molecule has 0 amide bonds. The van der Waals surface area contributed by atoms with E-state index in [1.807, 2.05) is 6.07 Å². The summed E-state index contributed by atoms with van der Waals surface area (Å²) in [7, 11) is 0. The number of aliphatic carboxylic acids is 1. The molecule has 1 aliphatic carbocycles. The van der Waals surface area contributed by atoms with E-state index in [9.17, 15) is 9.18 Å². The van der Waals surface area contributed by atoms with Gasteiger partial charge in [-0.1, -0.05) is 12.5 Å². The maximum Gasteiger partial charge on any atom is 0.306 e. The average Bonchev–Trinajstić information content (AvgIpc) is 2.40. The summed E-state index contributed by atoms with van der Waals surface area (Å²) in [6.45, 7) is 0.571.